The Labute approximate surface area is 181 Å². The summed E-state index contributed by atoms with van der Waals surface area (Å²) in [5, 5.41) is 5.90. The lowest BCUT2D eigenvalue weighted by atomic mass is 9.71. The quantitative estimate of drug-likeness (QED) is 0.583. The van der Waals surface area contributed by atoms with Gasteiger partial charge in [0.2, 0.25) is 11.8 Å². The smallest absolute Gasteiger partial charge is 0.406 e. The Kier molecular flexibility index (Phi) is 7.05. The van der Waals surface area contributed by atoms with E-state index in [0.717, 1.165) is 43.4 Å². The fourth-order valence-corrected chi connectivity index (χ4v) is 4.72. The van der Waals surface area contributed by atoms with E-state index in [2.05, 4.69) is 20.4 Å². The molecular formula is C20H25F3N4O3S. The number of carbonyl (C=O) groups excluding carboxylic acids is 2. The number of hydrogen-bond acceptors (Lipinski definition) is 6. The number of halogens is 3. The van der Waals surface area contributed by atoms with Gasteiger partial charge in [-0.3, -0.25) is 9.59 Å². The second-order valence-electron chi connectivity index (χ2n) is 7.99. The first-order valence-corrected chi connectivity index (χ1v) is 10.9. The molecule has 1 aliphatic carbocycles. The van der Waals surface area contributed by atoms with Gasteiger partial charge in [0.05, 0.1) is 16.3 Å². The summed E-state index contributed by atoms with van der Waals surface area (Å²) in [5.41, 5.74) is 5.72. The molecule has 1 unspecified atom stereocenters. The van der Waals surface area contributed by atoms with Crippen molar-refractivity contribution in [2.24, 2.45) is 11.1 Å². The molecule has 170 valence electrons. The molecule has 2 amide bonds. The Balaban J connectivity index is 1.67. The normalized spacial score (nSPS) is 17.2. The number of amides is 2. The molecule has 0 saturated heterocycles. The third kappa shape index (κ3) is 6.54. The van der Waals surface area contributed by atoms with Crippen molar-refractivity contribution in [2.45, 2.75) is 57.9 Å². The minimum absolute atomic E-state index is 0.213. The Morgan fingerprint density at radius 3 is 2.65 bits per heavy atom. The van der Waals surface area contributed by atoms with Gasteiger partial charge in [0.1, 0.15) is 5.75 Å². The van der Waals surface area contributed by atoms with Crippen molar-refractivity contribution < 1.29 is 27.5 Å². The van der Waals surface area contributed by atoms with Gasteiger partial charge in [0.25, 0.3) is 0 Å². The van der Waals surface area contributed by atoms with Crippen LogP contribution in [0.5, 0.6) is 5.75 Å². The number of benzene rings is 1. The maximum atomic E-state index is 12.7. The summed E-state index contributed by atoms with van der Waals surface area (Å²) >= 11 is 1.07. The summed E-state index contributed by atoms with van der Waals surface area (Å²) in [5.74, 6) is -0.844. The Morgan fingerprint density at radius 1 is 1.29 bits per heavy atom. The summed E-state index contributed by atoms with van der Waals surface area (Å²) in [6.45, 7) is 1.98. The number of aromatic nitrogens is 1. The van der Waals surface area contributed by atoms with E-state index in [-0.39, 0.29) is 29.4 Å². The molecule has 1 saturated carbocycles. The predicted octanol–water partition coefficient (Wildman–Crippen LogP) is 3.94. The molecular weight excluding hydrogens is 433 g/mol. The molecule has 2 aromatic rings. The lowest BCUT2D eigenvalue weighted by Gasteiger charge is -2.37. The molecule has 0 radical (unpaired) electrons. The molecule has 0 aliphatic heterocycles. The first-order valence-electron chi connectivity index (χ1n) is 10.0. The number of nitrogens with two attached hydrogens (primary N) is 1. The van der Waals surface area contributed by atoms with Crippen LogP contribution in [0.3, 0.4) is 0 Å². The second kappa shape index (κ2) is 9.39. The molecule has 1 aromatic heterocycles. The van der Waals surface area contributed by atoms with Crippen molar-refractivity contribution in [3.63, 3.8) is 0 Å². The van der Waals surface area contributed by atoms with E-state index >= 15 is 0 Å². The molecule has 1 aliphatic rings. The fraction of sp³-hybridized carbons (Fsp3) is 0.550. The van der Waals surface area contributed by atoms with E-state index in [0.29, 0.717) is 21.9 Å². The number of nitrogens with zero attached hydrogens (tertiary/aromatic N) is 1. The van der Waals surface area contributed by atoms with Gasteiger partial charge >= 0.3 is 6.36 Å². The maximum absolute atomic E-state index is 12.7. The lowest BCUT2D eigenvalue weighted by Crippen LogP contribution is -2.46. The highest BCUT2D eigenvalue weighted by Gasteiger charge is 2.35. The Hall–Kier alpha value is -2.40. The lowest BCUT2D eigenvalue weighted by molar-refractivity contribution is -0.274. The van der Waals surface area contributed by atoms with Crippen LogP contribution >= 0.6 is 11.3 Å². The number of nitrogens with one attached hydrogen (secondary N) is 2. The molecule has 1 fully saturated rings. The van der Waals surface area contributed by atoms with E-state index in [9.17, 15) is 22.8 Å². The van der Waals surface area contributed by atoms with Crippen LogP contribution in [0.4, 0.5) is 18.3 Å². The van der Waals surface area contributed by atoms with Gasteiger partial charge in [-0.1, -0.05) is 30.6 Å². The van der Waals surface area contributed by atoms with E-state index in [1.54, 1.807) is 6.92 Å². The average molecular weight is 459 g/mol. The molecule has 1 heterocycles. The van der Waals surface area contributed by atoms with Crippen molar-refractivity contribution >= 4 is 38.5 Å². The van der Waals surface area contributed by atoms with Crippen molar-refractivity contribution in [3.8, 4) is 5.75 Å². The van der Waals surface area contributed by atoms with Crippen LogP contribution in [0.1, 0.15) is 45.4 Å². The van der Waals surface area contributed by atoms with Crippen LogP contribution in [0, 0.1) is 5.41 Å². The van der Waals surface area contributed by atoms with Crippen molar-refractivity contribution in [1.29, 1.82) is 0 Å². The average Bonchev–Trinajstić information content (AvgIpc) is 3.06. The third-order valence-electron chi connectivity index (χ3n) is 5.34. The van der Waals surface area contributed by atoms with Crippen LogP contribution in [-0.4, -0.2) is 35.7 Å². The predicted molar refractivity (Wildman–Crippen MR) is 112 cm³/mol. The van der Waals surface area contributed by atoms with Gasteiger partial charge in [-0.05, 0) is 37.3 Å². The van der Waals surface area contributed by atoms with Gasteiger partial charge in [-0.15, -0.1) is 13.2 Å². The SMILES string of the molecule is CC(N)C(=O)NCC1(CC(=O)Nc2nc3ccc(OC(F)(F)F)cc3s2)CCCCC1. The molecule has 31 heavy (non-hydrogen) atoms. The topological polar surface area (TPSA) is 106 Å². The fourth-order valence-electron chi connectivity index (χ4n) is 3.81. The zero-order chi connectivity index (χ0) is 22.6. The summed E-state index contributed by atoms with van der Waals surface area (Å²) < 4.78 is 41.6. The molecule has 7 nitrogen and oxygen atoms in total. The van der Waals surface area contributed by atoms with Gasteiger partial charge in [-0.25, -0.2) is 4.98 Å². The van der Waals surface area contributed by atoms with Crippen LogP contribution in [0.15, 0.2) is 18.2 Å². The highest BCUT2D eigenvalue weighted by molar-refractivity contribution is 7.22. The summed E-state index contributed by atoms with van der Waals surface area (Å²) in [4.78, 5) is 28.9. The van der Waals surface area contributed by atoms with E-state index in [1.165, 1.54) is 18.2 Å². The largest absolute Gasteiger partial charge is 0.573 e. The number of thiazole rings is 1. The number of ether oxygens (including phenoxy) is 1. The number of alkyl halides is 3. The van der Waals surface area contributed by atoms with E-state index in [4.69, 9.17) is 5.73 Å². The van der Waals surface area contributed by atoms with Crippen LogP contribution in [0.25, 0.3) is 10.2 Å². The first kappa shape index (κ1) is 23.3. The molecule has 3 rings (SSSR count). The van der Waals surface area contributed by atoms with E-state index in [1.807, 2.05) is 0 Å². The minimum atomic E-state index is -4.78. The van der Waals surface area contributed by atoms with E-state index < -0.39 is 12.4 Å². The minimum Gasteiger partial charge on any atom is -0.406 e. The molecule has 0 bridgehead atoms. The molecule has 1 aromatic carbocycles. The number of fused-ring (bicyclic) bond motifs is 1. The zero-order valence-corrected chi connectivity index (χ0v) is 17.9. The van der Waals surface area contributed by atoms with Crippen molar-refractivity contribution in [3.05, 3.63) is 18.2 Å². The summed E-state index contributed by atoms with van der Waals surface area (Å²) in [6.07, 6.45) is 0.112. The summed E-state index contributed by atoms with van der Waals surface area (Å²) in [7, 11) is 0. The Bertz CT molecular complexity index is 939. The number of rotatable bonds is 7. The van der Waals surface area contributed by atoms with Gasteiger partial charge in [-0.2, -0.15) is 0 Å². The number of carbonyl (C=O) groups is 2. The zero-order valence-electron chi connectivity index (χ0n) is 17.1. The second-order valence-corrected chi connectivity index (χ2v) is 9.02. The summed E-state index contributed by atoms with van der Waals surface area (Å²) in [6, 6.07) is 3.21. The highest BCUT2D eigenvalue weighted by atomic mass is 32.1. The van der Waals surface area contributed by atoms with Crippen LogP contribution in [0.2, 0.25) is 0 Å². The van der Waals surface area contributed by atoms with Gasteiger partial charge in [0.15, 0.2) is 5.13 Å². The monoisotopic (exact) mass is 458 g/mol. The maximum Gasteiger partial charge on any atom is 0.573 e. The number of hydrogen-bond donors (Lipinski definition) is 3. The third-order valence-corrected chi connectivity index (χ3v) is 6.27. The van der Waals surface area contributed by atoms with Gasteiger partial charge < -0.3 is 21.1 Å². The van der Waals surface area contributed by atoms with Gasteiger partial charge in [0, 0.05) is 19.0 Å². The molecule has 11 heteroatoms. The van der Waals surface area contributed by atoms with Crippen LogP contribution in [-0.2, 0) is 9.59 Å². The molecule has 1 atom stereocenters. The van der Waals surface area contributed by atoms with Crippen molar-refractivity contribution in [1.82, 2.24) is 10.3 Å². The molecule has 4 N–H and O–H groups in total. The standard InChI is InChI=1S/C20H25F3N4O3S/c1-12(24)17(29)25-11-19(7-3-2-4-8-19)10-16(28)27-18-26-14-6-5-13(9-15(14)31-18)30-20(21,22)23/h5-6,9,12H,2-4,7-8,10-11,24H2,1H3,(H,25,29)(H,26,27,28). The van der Waals surface area contributed by atoms with Crippen LogP contribution < -0.4 is 21.1 Å². The Morgan fingerprint density at radius 2 is 2.00 bits per heavy atom. The van der Waals surface area contributed by atoms with Crippen molar-refractivity contribution in [2.75, 3.05) is 11.9 Å². The molecule has 0 spiro atoms. The number of anilines is 1. The first-order chi connectivity index (χ1) is 14.6. The highest BCUT2D eigenvalue weighted by Crippen LogP contribution is 2.39.